The molecule has 0 fully saturated rings. The van der Waals surface area contributed by atoms with Gasteiger partial charge in [0, 0.05) is 6.20 Å². The number of aryl methyl sites for hydroxylation is 1. The Hall–Kier alpha value is -1.68. The first kappa shape index (κ1) is 11.8. The number of hydrogen-bond donors (Lipinski definition) is 0. The van der Waals surface area contributed by atoms with Crippen LogP contribution in [0.5, 0.6) is 5.75 Å². The summed E-state index contributed by atoms with van der Waals surface area (Å²) in [5.74, 6) is 0.840. The van der Waals surface area contributed by atoms with Crippen LogP contribution in [0.1, 0.15) is 27.2 Å². The zero-order chi connectivity index (χ0) is 12.1. The lowest BCUT2D eigenvalue weighted by Gasteiger charge is -2.05. The molecule has 88 valence electrons. The molecular weight excluding hydrogens is 234 g/mol. The van der Waals surface area contributed by atoms with Crippen LogP contribution < -0.4 is 4.74 Å². The molecule has 0 saturated carbocycles. The molecule has 0 aliphatic carbocycles. The minimum absolute atomic E-state index is 0.408. The molecular formula is C13H13NO2S. The van der Waals surface area contributed by atoms with Gasteiger partial charge in [-0.25, -0.2) is 4.98 Å². The predicted molar refractivity (Wildman–Crippen MR) is 67.7 cm³/mol. The van der Waals surface area contributed by atoms with Crippen LogP contribution in [0.15, 0.2) is 30.5 Å². The van der Waals surface area contributed by atoms with Crippen molar-refractivity contribution in [3.63, 3.8) is 0 Å². The van der Waals surface area contributed by atoms with E-state index in [9.17, 15) is 4.79 Å². The van der Waals surface area contributed by atoms with Gasteiger partial charge in [0.1, 0.15) is 17.4 Å². The third-order valence-electron chi connectivity index (χ3n) is 2.36. The largest absolute Gasteiger partial charge is 0.486 e. The quantitative estimate of drug-likeness (QED) is 0.762. The molecule has 17 heavy (non-hydrogen) atoms. The number of aromatic nitrogens is 1. The predicted octanol–water partition coefficient (Wildman–Crippen LogP) is 3.10. The fourth-order valence-electron chi connectivity index (χ4n) is 1.45. The highest BCUT2D eigenvalue weighted by Crippen LogP contribution is 2.17. The normalized spacial score (nSPS) is 10.2. The number of carbonyl (C=O) groups is 1. The summed E-state index contributed by atoms with van der Waals surface area (Å²) in [5, 5.41) is 0.814. The SMILES string of the molecule is CCc1cccc(OCc2ncc(C=O)s2)c1. The maximum Gasteiger partial charge on any atom is 0.161 e. The van der Waals surface area contributed by atoms with Crippen molar-refractivity contribution in [2.75, 3.05) is 0 Å². The van der Waals surface area contributed by atoms with Gasteiger partial charge in [-0.1, -0.05) is 19.1 Å². The second-order valence-corrected chi connectivity index (χ2v) is 4.71. The highest BCUT2D eigenvalue weighted by molar-refractivity contribution is 7.13. The average molecular weight is 247 g/mol. The van der Waals surface area contributed by atoms with E-state index >= 15 is 0 Å². The molecule has 0 radical (unpaired) electrons. The lowest BCUT2D eigenvalue weighted by atomic mass is 10.2. The zero-order valence-electron chi connectivity index (χ0n) is 9.55. The Morgan fingerprint density at radius 2 is 2.35 bits per heavy atom. The lowest BCUT2D eigenvalue weighted by molar-refractivity contribution is 0.112. The third-order valence-corrected chi connectivity index (χ3v) is 3.25. The molecule has 0 atom stereocenters. The number of benzene rings is 1. The fourth-order valence-corrected chi connectivity index (χ4v) is 2.09. The molecule has 0 aliphatic heterocycles. The number of thiazole rings is 1. The van der Waals surface area contributed by atoms with E-state index in [1.165, 1.54) is 16.9 Å². The first-order valence-electron chi connectivity index (χ1n) is 5.43. The van der Waals surface area contributed by atoms with Gasteiger partial charge in [0.15, 0.2) is 6.29 Å². The van der Waals surface area contributed by atoms with E-state index in [4.69, 9.17) is 4.74 Å². The number of nitrogens with zero attached hydrogens (tertiary/aromatic N) is 1. The molecule has 0 amide bonds. The standard InChI is InChI=1S/C13H13NO2S/c1-2-10-4-3-5-11(6-10)16-9-13-14-7-12(8-15)17-13/h3-8H,2,9H2,1H3. The first-order chi connectivity index (χ1) is 8.31. The molecule has 1 heterocycles. The number of rotatable bonds is 5. The maximum atomic E-state index is 10.5. The summed E-state index contributed by atoms with van der Waals surface area (Å²) in [5.41, 5.74) is 1.25. The van der Waals surface area contributed by atoms with Crippen LogP contribution in [0.4, 0.5) is 0 Å². The smallest absolute Gasteiger partial charge is 0.161 e. The van der Waals surface area contributed by atoms with Crippen molar-refractivity contribution in [3.8, 4) is 5.75 Å². The van der Waals surface area contributed by atoms with Gasteiger partial charge in [0.05, 0.1) is 4.88 Å². The van der Waals surface area contributed by atoms with E-state index in [0.717, 1.165) is 23.5 Å². The van der Waals surface area contributed by atoms with Crippen LogP contribution in [0.2, 0.25) is 0 Å². The van der Waals surface area contributed by atoms with Gasteiger partial charge in [-0.05, 0) is 24.1 Å². The van der Waals surface area contributed by atoms with E-state index in [0.29, 0.717) is 11.5 Å². The lowest BCUT2D eigenvalue weighted by Crippen LogP contribution is -1.94. The van der Waals surface area contributed by atoms with E-state index in [-0.39, 0.29) is 0 Å². The van der Waals surface area contributed by atoms with Gasteiger partial charge in [0.25, 0.3) is 0 Å². The van der Waals surface area contributed by atoms with Crippen LogP contribution in [-0.4, -0.2) is 11.3 Å². The van der Waals surface area contributed by atoms with Gasteiger partial charge < -0.3 is 4.74 Å². The summed E-state index contributed by atoms with van der Waals surface area (Å²) in [6, 6.07) is 8.00. The number of aldehydes is 1. The van der Waals surface area contributed by atoms with Gasteiger partial charge >= 0.3 is 0 Å². The summed E-state index contributed by atoms with van der Waals surface area (Å²) in [4.78, 5) is 15.2. The van der Waals surface area contributed by atoms with Gasteiger partial charge in [-0.3, -0.25) is 4.79 Å². The number of hydrogen-bond acceptors (Lipinski definition) is 4. The van der Waals surface area contributed by atoms with Crippen LogP contribution in [0.25, 0.3) is 0 Å². The Morgan fingerprint density at radius 1 is 1.47 bits per heavy atom. The molecule has 0 bridgehead atoms. The van der Waals surface area contributed by atoms with Gasteiger partial charge in [-0.15, -0.1) is 11.3 Å². The van der Waals surface area contributed by atoms with E-state index in [1.807, 2.05) is 18.2 Å². The Morgan fingerprint density at radius 3 is 3.06 bits per heavy atom. The molecule has 0 spiro atoms. The molecule has 2 aromatic rings. The monoisotopic (exact) mass is 247 g/mol. The van der Waals surface area contributed by atoms with Gasteiger partial charge in [0.2, 0.25) is 0 Å². The van der Waals surface area contributed by atoms with E-state index in [2.05, 4.69) is 18.0 Å². The zero-order valence-corrected chi connectivity index (χ0v) is 10.4. The molecule has 4 heteroatoms. The van der Waals surface area contributed by atoms with Crippen LogP contribution >= 0.6 is 11.3 Å². The Labute approximate surface area is 104 Å². The van der Waals surface area contributed by atoms with Crippen molar-refractivity contribution in [3.05, 3.63) is 45.9 Å². The second kappa shape index (κ2) is 5.59. The number of ether oxygens (including phenoxy) is 1. The second-order valence-electron chi connectivity index (χ2n) is 3.56. The topological polar surface area (TPSA) is 39.2 Å². The van der Waals surface area contributed by atoms with Crippen molar-refractivity contribution in [2.45, 2.75) is 20.0 Å². The fraction of sp³-hybridized carbons (Fsp3) is 0.231. The molecule has 2 rings (SSSR count). The summed E-state index contributed by atoms with van der Waals surface area (Å²) in [6.45, 7) is 2.52. The molecule has 1 aromatic heterocycles. The van der Waals surface area contributed by atoms with Crippen molar-refractivity contribution in [2.24, 2.45) is 0 Å². The van der Waals surface area contributed by atoms with Crippen molar-refractivity contribution < 1.29 is 9.53 Å². The van der Waals surface area contributed by atoms with Gasteiger partial charge in [-0.2, -0.15) is 0 Å². The van der Waals surface area contributed by atoms with Crippen molar-refractivity contribution in [1.82, 2.24) is 4.98 Å². The Bertz CT molecular complexity index is 508. The maximum absolute atomic E-state index is 10.5. The van der Waals surface area contributed by atoms with Crippen LogP contribution in [-0.2, 0) is 13.0 Å². The van der Waals surface area contributed by atoms with Crippen molar-refractivity contribution in [1.29, 1.82) is 0 Å². The third kappa shape index (κ3) is 3.14. The summed E-state index contributed by atoms with van der Waals surface area (Å²) < 4.78 is 5.62. The minimum Gasteiger partial charge on any atom is -0.486 e. The van der Waals surface area contributed by atoms with E-state index in [1.54, 1.807) is 6.20 Å². The molecule has 0 N–H and O–H groups in total. The molecule has 0 unspecified atom stereocenters. The Kier molecular flexibility index (Phi) is 3.88. The highest BCUT2D eigenvalue weighted by Gasteiger charge is 2.02. The highest BCUT2D eigenvalue weighted by atomic mass is 32.1. The van der Waals surface area contributed by atoms with E-state index < -0.39 is 0 Å². The molecule has 0 saturated heterocycles. The molecule has 3 nitrogen and oxygen atoms in total. The summed E-state index contributed by atoms with van der Waals surface area (Å²) in [6.07, 6.45) is 3.36. The van der Waals surface area contributed by atoms with Crippen LogP contribution in [0, 0.1) is 0 Å². The summed E-state index contributed by atoms with van der Waals surface area (Å²) >= 11 is 1.36. The molecule has 0 aliphatic rings. The molecule has 1 aromatic carbocycles. The average Bonchev–Trinajstić information content (AvgIpc) is 2.84. The minimum atomic E-state index is 0.408. The Balaban J connectivity index is 1.99. The van der Waals surface area contributed by atoms with Crippen LogP contribution in [0.3, 0.4) is 0 Å². The van der Waals surface area contributed by atoms with Crippen molar-refractivity contribution >= 4 is 17.6 Å². The first-order valence-corrected chi connectivity index (χ1v) is 6.25. The number of carbonyl (C=O) groups excluding carboxylic acids is 1. The summed E-state index contributed by atoms with van der Waals surface area (Å²) in [7, 11) is 0.